The molecule has 1 aromatic heterocycles. The van der Waals surface area contributed by atoms with Crippen LogP contribution in [-0.4, -0.2) is 7.11 Å². The van der Waals surface area contributed by atoms with Gasteiger partial charge in [0.25, 0.3) is 0 Å². The van der Waals surface area contributed by atoms with Gasteiger partial charge >= 0.3 is 0 Å². The molecular weight excluding hydrogens is 327 g/mol. The Balaban J connectivity index is 2.42. The SMILES string of the molecule is COc1ccc(F)cc1C(Br)c1ccc(Cl)s1. The standard InChI is InChI=1S/C12H9BrClFOS/c1-16-9-3-2-7(15)6-8(9)12(13)10-4-5-11(14)17-10/h2-6,12H,1H3. The summed E-state index contributed by atoms with van der Waals surface area (Å²) in [4.78, 5) is 0.893. The van der Waals surface area contributed by atoms with E-state index in [0.717, 1.165) is 10.4 Å². The van der Waals surface area contributed by atoms with Gasteiger partial charge in [0, 0.05) is 10.4 Å². The van der Waals surface area contributed by atoms with Gasteiger partial charge in [0.15, 0.2) is 0 Å². The summed E-state index contributed by atoms with van der Waals surface area (Å²) in [6, 6.07) is 8.20. The van der Waals surface area contributed by atoms with E-state index in [0.29, 0.717) is 10.1 Å². The van der Waals surface area contributed by atoms with Crippen LogP contribution in [0, 0.1) is 5.82 Å². The molecule has 0 aliphatic heterocycles. The minimum absolute atomic E-state index is 0.120. The lowest BCUT2D eigenvalue weighted by atomic mass is 10.1. The third kappa shape index (κ3) is 2.81. The van der Waals surface area contributed by atoms with Crippen LogP contribution in [0.25, 0.3) is 0 Å². The lowest BCUT2D eigenvalue weighted by Crippen LogP contribution is -1.96. The van der Waals surface area contributed by atoms with Gasteiger partial charge in [0.05, 0.1) is 16.3 Å². The fourth-order valence-electron chi connectivity index (χ4n) is 1.52. The fourth-order valence-corrected chi connectivity index (χ4v) is 3.37. The quantitative estimate of drug-likeness (QED) is 0.715. The summed E-state index contributed by atoms with van der Waals surface area (Å²) in [7, 11) is 1.57. The van der Waals surface area contributed by atoms with Crippen molar-refractivity contribution in [3.05, 3.63) is 50.9 Å². The van der Waals surface area contributed by atoms with E-state index in [4.69, 9.17) is 16.3 Å². The van der Waals surface area contributed by atoms with Gasteiger partial charge in [-0.15, -0.1) is 11.3 Å². The molecule has 0 N–H and O–H groups in total. The highest BCUT2D eigenvalue weighted by atomic mass is 79.9. The molecule has 1 nitrogen and oxygen atoms in total. The number of hydrogen-bond donors (Lipinski definition) is 0. The predicted molar refractivity (Wildman–Crippen MR) is 73.1 cm³/mol. The summed E-state index contributed by atoms with van der Waals surface area (Å²) in [6.07, 6.45) is 0. The average molecular weight is 336 g/mol. The number of methoxy groups -OCH3 is 1. The maximum absolute atomic E-state index is 13.3. The zero-order valence-corrected chi connectivity index (χ0v) is 12.1. The lowest BCUT2D eigenvalue weighted by molar-refractivity contribution is 0.409. The van der Waals surface area contributed by atoms with Crippen LogP contribution in [0.15, 0.2) is 30.3 Å². The number of rotatable bonds is 3. The second kappa shape index (κ2) is 5.38. The lowest BCUT2D eigenvalue weighted by Gasteiger charge is -2.13. The molecule has 1 unspecified atom stereocenters. The molecule has 90 valence electrons. The number of halogens is 3. The highest BCUT2D eigenvalue weighted by molar-refractivity contribution is 9.09. The van der Waals surface area contributed by atoms with Crippen LogP contribution in [-0.2, 0) is 0 Å². The molecule has 1 aromatic carbocycles. The molecule has 5 heteroatoms. The van der Waals surface area contributed by atoms with Crippen molar-refractivity contribution in [1.29, 1.82) is 0 Å². The van der Waals surface area contributed by atoms with Gasteiger partial charge < -0.3 is 4.74 Å². The monoisotopic (exact) mass is 334 g/mol. The molecule has 0 radical (unpaired) electrons. The van der Waals surface area contributed by atoms with E-state index in [-0.39, 0.29) is 10.6 Å². The summed E-state index contributed by atoms with van der Waals surface area (Å²) in [5.41, 5.74) is 0.756. The number of ether oxygens (including phenoxy) is 1. The zero-order chi connectivity index (χ0) is 12.4. The highest BCUT2D eigenvalue weighted by Crippen LogP contribution is 2.40. The third-order valence-electron chi connectivity index (χ3n) is 2.31. The van der Waals surface area contributed by atoms with Crippen molar-refractivity contribution in [2.45, 2.75) is 4.83 Å². The van der Waals surface area contributed by atoms with Crippen LogP contribution in [0.2, 0.25) is 4.34 Å². The minimum Gasteiger partial charge on any atom is -0.496 e. The van der Waals surface area contributed by atoms with E-state index in [2.05, 4.69) is 15.9 Å². The Morgan fingerprint density at radius 1 is 1.35 bits per heavy atom. The summed E-state index contributed by atoms with van der Waals surface area (Å²) < 4.78 is 19.2. The Bertz CT molecular complexity index is 529. The largest absolute Gasteiger partial charge is 0.496 e. The van der Waals surface area contributed by atoms with Crippen molar-refractivity contribution in [3.63, 3.8) is 0 Å². The first-order valence-electron chi connectivity index (χ1n) is 4.84. The third-order valence-corrected chi connectivity index (χ3v) is 4.89. The van der Waals surface area contributed by atoms with Gasteiger partial charge in [-0.25, -0.2) is 4.39 Å². The van der Waals surface area contributed by atoms with Gasteiger partial charge in [0.2, 0.25) is 0 Å². The van der Waals surface area contributed by atoms with Gasteiger partial charge in [-0.3, -0.25) is 0 Å². The van der Waals surface area contributed by atoms with Crippen LogP contribution >= 0.6 is 38.9 Å². The second-order valence-electron chi connectivity index (χ2n) is 3.39. The Morgan fingerprint density at radius 3 is 2.71 bits per heavy atom. The Kier molecular flexibility index (Phi) is 4.07. The number of benzene rings is 1. The van der Waals surface area contributed by atoms with Crippen LogP contribution in [0.5, 0.6) is 5.75 Å². The molecule has 0 amide bonds. The Hall–Kier alpha value is -0.580. The first-order chi connectivity index (χ1) is 8.11. The predicted octanol–water partition coefficient (Wildman–Crippen LogP) is 5.03. The molecule has 0 aliphatic carbocycles. The average Bonchev–Trinajstić information content (AvgIpc) is 2.75. The molecule has 2 rings (SSSR count). The molecule has 0 aliphatic rings. The minimum atomic E-state index is -0.284. The molecule has 1 atom stereocenters. The van der Waals surface area contributed by atoms with Crippen molar-refractivity contribution in [2.24, 2.45) is 0 Å². The highest BCUT2D eigenvalue weighted by Gasteiger charge is 2.17. The molecule has 0 fully saturated rings. The summed E-state index contributed by atoms with van der Waals surface area (Å²) in [6.45, 7) is 0. The molecule has 2 aromatic rings. The zero-order valence-electron chi connectivity index (χ0n) is 8.91. The maximum atomic E-state index is 13.3. The second-order valence-corrected chi connectivity index (χ2v) is 6.05. The first kappa shape index (κ1) is 12.9. The summed E-state index contributed by atoms with van der Waals surface area (Å²) in [5, 5.41) is 0. The number of alkyl halides is 1. The van der Waals surface area contributed by atoms with E-state index < -0.39 is 0 Å². The van der Waals surface area contributed by atoms with E-state index in [1.807, 2.05) is 12.1 Å². The van der Waals surface area contributed by atoms with E-state index in [1.54, 1.807) is 13.2 Å². The van der Waals surface area contributed by atoms with Crippen LogP contribution in [0.3, 0.4) is 0 Å². The molecule has 17 heavy (non-hydrogen) atoms. The van der Waals surface area contributed by atoms with Crippen molar-refractivity contribution in [3.8, 4) is 5.75 Å². The molecule has 0 saturated heterocycles. The van der Waals surface area contributed by atoms with E-state index in [9.17, 15) is 4.39 Å². The van der Waals surface area contributed by atoms with Crippen molar-refractivity contribution in [1.82, 2.24) is 0 Å². The topological polar surface area (TPSA) is 9.23 Å². The maximum Gasteiger partial charge on any atom is 0.123 e. The fraction of sp³-hybridized carbons (Fsp3) is 0.167. The summed E-state index contributed by atoms with van der Waals surface area (Å²) in [5.74, 6) is 0.366. The van der Waals surface area contributed by atoms with Gasteiger partial charge in [0.1, 0.15) is 11.6 Å². The molecule has 1 heterocycles. The molecule has 0 bridgehead atoms. The van der Waals surface area contributed by atoms with E-state index in [1.165, 1.54) is 23.5 Å². The smallest absolute Gasteiger partial charge is 0.123 e. The molecule has 0 saturated carbocycles. The number of hydrogen-bond acceptors (Lipinski definition) is 2. The van der Waals surface area contributed by atoms with Gasteiger partial charge in [-0.1, -0.05) is 27.5 Å². The van der Waals surface area contributed by atoms with Gasteiger partial charge in [-0.2, -0.15) is 0 Å². The molecular formula is C12H9BrClFOS. The molecule has 0 spiro atoms. The summed E-state index contributed by atoms with van der Waals surface area (Å²) >= 11 is 10.9. The Labute approximate surface area is 116 Å². The first-order valence-corrected chi connectivity index (χ1v) is 6.95. The van der Waals surface area contributed by atoms with Crippen LogP contribution in [0.1, 0.15) is 15.3 Å². The van der Waals surface area contributed by atoms with Gasteiger partial charge in [-0.05, 0) is 30.3 Å². The van der Waals surface area contributed by atoms with Crippen molar-refractivity contribution < 1.29 is 9.13 Å². The number of thiophene rings is 1. The van der Waals surface area contributed by atoms with Crippen molar-refractivity contribution >= 4 is 38.9 Å². The van der Waals surface area contributed by atoms with Crippen LogP contribution < -0.4 is 4.74 Å². The van der Waals surface area contributed by atoms with E-state index >= 15 is 0 Å². The van der Waals surface area contributed by atoms with Crippen LogP contribution in [0.4, 0.5) is 4.39 Å². The normalized spacial score (nSPS) is 12.5. The Morgan fingerprint density at radius 2 is 2.12 bits per heavy atom. The van der Waals surface area contributed by atoms with Crippen molar-refractivity contribution in [2.75, 3.05) is 7.11 Å².